The third kappa shape index (κ3) is 5.37. The fourth-order valence-electron chi connectivity index (χ4n) is 3.71. The SMILES string of the molecule is CCC(C)NC(=O)c1ccc2c(c1)N(Cc1cccc(C)c1)C(=O)/C(=C/c1ccccc1)S2. The number of rotatable bonds is 6. The monoisotopic (exact) mass is 456 g/mol. The first kappa shape index (κ1) is 22.9. The second kappa shape index (κ2) is 10.1. The highest BCUT2D eigenvalue weighted by atomic mass is 32.2. The van der Waals surface area contributed by atoms with Crippen molar-refractivity contribution in [3.8, 4) is 0 Å². The molecular weight excluding hydrogens is 428 g/mol. The molecule has 1 N–H and O–H groups in total. The first-order valence-corrected chi connectivity index (χ1v) is 12.0. The van der Waals surface area contributed by atoms with Gasteiger partial charge in [-0.3, -0.25) is 9.59 Å². The molecule has 0 spiro atoms. The molecule has 4 nitrogen and oxygen atoms in total. The Morgan fingerprint density at radius 1 is 1.06 bits per heavy atom. The molecule has 5 heteroatoms. The Kier molecular flexibility index (Phi) is 6.99. The normalized spacial score (nSPS) is 15.3. The Morgan fingerprint density at radius 2 is 1.85 bits per heavy atom. The first-order valence-electron chi connectivity index (χ1n) is 11.2. The summed E-state index contributed by atoms with van der Waals surface area (Å²) in [5.74, 6) is -0.178. The van der Waals surface area contributed by atoms with Gasteiger partial charge in [-0.2, -0.15) is 0 Å². The predicted octanol–water partition coefficient (Wildman–Crippen LogP) is 6.20. The Hall–Kier alpha value is -3.31. The maximum atomic E-state index is 13.6. The fourth-order valence-corrected chi connectivity index (χ4v) is 4.75. The smallest absolute Gasteiger partial charge is 0.265 e. The standard InChI is InChI=1S/C28H28N2O2S/c1-4-20(3)29-27(31)23-13-14-25-24(17-23)30(18-22-12-8-9-19(2)15-22)28(32)26(33-25)16-21-10-6-5-7-11-21/h5-17,20H,4,18H2,1-3H3,(H,29,31)/b26-16-. The molecule has 1 aliphatic heterocycles. The number of carbonyl (C=O) groups excluding carboxylic acids is 2. The van der Waals surface area contributed by atoms with E-state index in [1.807, 2.05) is 93.6 Å². The molecule has 2 amide bonds. The first-order chi connectivity index (χ1) is 15.9. The van der Waals surface area contributed by atoms with Crippen LogP contribution in [0.1, 0.15) is 47.3 Å². The van der Waals surface area contributed by atoms with Crippen LogP contribution in [0.25, 0.3) is 6.08 Å². The Labute approximate surface area is 199 Å². The van der Waals surface area contributed by atoms with Gasteiger partial charge in [0.2, 0.25) is 0 Å². The summed E-state index contributed by atoms with van der Waals surface area (Å²) in [6, 6.07) is 23.8. The van der Waals surface area contributed by atoms with Gasteiger partial charge in [0.1, 0.15) is 0 Å². The van der Waals surface area contributed by atoms with Crippen molar-refractivity contribution >= 4 is 35.3 Å². The molecule has 1 aliphatic rings. The number of aryl methyl sites for hydroxylation is 1. The average molecular weight is 457 g/mol. The zero-order valence-electron chi connectivity index (χ0n) is 19.2. The molecule has 0 aliphatic carbocycles. The molecule has 1 heterocycles. The molecule has 0 radical (unpaired) electrons. The largest absolute Gasteiger partial charge is 0.350 e. The minimum absolute atomic E-state index is 0.0580. The van der Waals surface area contributed by atoms with Crippen molar-refractivity contribution in [3.05, 3.63) is 100.0 Å². The number of fused-ring (bicyclic) bond motifs is 1. The lowest BCUT2D eigenvalue weighted by atomic mass is 10.1. The van der Waals surface area contributed by atoms with Crippen LogP contribution in [0, 0.1) is 6.92 Å². The molecule has 3 aromatic rings. The average Bonchev–Trinajstić information content (AvgIpc) is 2.82. The lowest BCUT2D eigenvalue weighted by Crippen LogP contribution is -2.35. The van der Waals surface area contributed by atoms with Crippen LogP contribution < -0.4 is 10.2 Å². The third-order valence-corrected chi connectivity index (χ3v) is 6.78. The maximum Gasteiger partial charge on any atom is 0.265 e. The Morgan fingerprint density at radius 3 is 2.58 bits per heavy atom. The summed E-state index contributed by atoms with van der Waals surface area (Å²) in [6.45, 7) is 6.51. The van der Waals surface area contributed by atoms with Crippen molar-refractivity contribution < 1.29 is 9.59 Å². The second-order valence-corrected chi connectivity index (χ2v) is 9.45. The van der Waals surface area contributed by atoms with Gasteiger partial charge in [-0.1, -0.05) is 78.8 Å². The molecular formula is C28H28N2O2S. The molecule has 0 saturated carbocycles. The van der Waals surface area contributed by atoms with Crippen molar-refractivity contribution in [2.45, 2.75) is 44.7 Å². The summed E-state index contributed by atoms with van der Waals surface area (Å²) in [5.41, 5.74) is 4.51. The minimum atomic E-state index is -0.120. The lowest BCUT2D eigenvalue weighted by molar-refractivity contribution is -0.114. The van der Waals surface area contributed by atoms with Gasteiger partial charge in [-0.15, -0.1) is 0 Å². The number of thioether (sulfide) groups is 1. The number of benzene rings is 3. The number of nitrogens with one attached hydrogen (secondary N) is 1. The summed E-state index contributed by atoms with van der Waals surface area (Å²) in [5, 5.41) is 3.02. The molecule has 0 bridgehead atoms. The minimum Gasteiger partial charge on any atom is -0.350 e. The highest BCUT2D eigenvalue weighted by molar-refractivity contribution is 8.04. The number of hydrogen-bond acceptors (Lipinski definition) is 3. The number of carbonyl (C=O) groups is 2. The molecule has 1 atom stereocenters. The summed E-state index contributed by atoms with van der Waals surface area (Å²) < 4.78 is 0. The van der Waals surface area contributed by atoms with Crippen LogP contribution in [-0.2, 0) is 11.3 Å². The van der Waals surface area contributed by atoms with Gasteiger partial charge >= 0.3 is 0 Å². The quantitative estimate of drug-likeness (QED) is 0.449. The van der Waals surface area contributed by atoms with E-state index in [4.69, 9.17) is 0 Å². The zero-order chi connectivity index (χ0) is 23.4. The van der Waals surface area contributed by atoms with Crippen LogP contribution in [0.5, 0.6) is 0 Å². The summed E-state index contributed by atoms with van der Waals surface area (Å²) in [6.07, 6.45) is 2.79. The van der Waals surface area contributed by atoms with E-state index in [0.29, 0.717) is 17.0 Å². The Bertz CT molecular complexity index is 1200. The summed E-state index contributed by atoms with van der Waals surface area (Å²) >= 11 is 1.45. The summed E-state index contributed by atoms with van der Waals surface area (Å²) in [7, 11) is 0. The van der Waals surface area contributed by atoms with Crippen LogP contribution in [0.15, 0.2) is 82.6 Å². The lowest BCUT2D eigenvalue weighted by Gasteiger charge is -2.31. The molecule has 33 heavy (non-hydrogen) atoms. The van der Waals surface area contributed by atoms with Crippen LogP contribution in [-0.4, -0.2) is 17.9 Å². The third-order valence-electron chi connectivity index (χ3n) is 5.70. The molecule has 0 saturated heterocycles. The van der Waals surface area contributed by atoms with Gasteiger partial charge in [-0.05, 0) is 55.7 Å². The molecule has 168 valence electrons. The topological polar surface area (TPSA) is 49.4 Å². The van der Waals surface area contributed by atoms with E-state index in [-0.39, 0.29) is 17.9 Å². The van der Waals surface area contributed by atoms with Gasteiger partial charge in [0.15, 0.2) is 0 Å². The number of hydrogen-bond donors (Lipinski definition) is 1. The molecule has 3 aromatic carbocycles. The Balaban J connectivity index is 1.74. The number of nitrogens with zero attached hydrogens (tertiary/aromatic N) is 1. The van der Waals surface area contributed by atoms with E-state index in [1.54, 1.807) is 4.90 Å². The van der Waals surface area contributed by atoms with Crippen molar-refractivity contribution in [2.24, 2.45) is 0 Å². The van der Waals surface area contributed by atoms with Crippen LogP contribution in [0.3, 0.4) is 0 Å². The summed E-state index contributed by atoms with van der Waals surface area (Å²) in [4.78, 5) is 29.8. The number of amides is 2. The van der Waals surface area contributed by atoms with Gasteiger partial charge < -0.3 is 10.2 Å². The van der Waals surface area contributed by atoms with E-state index in [2.05, 4.69) is 11.4 Å². The van der Waals surface area contributed by atoms with Crippen LogP contribution >= 0.6 is 11.8 Å². The van der Waals surface area contributed by atoms with E-state index in [1.165, 1.54) is 11.8 Å². The van der Waals surface area contributed by atoms with E-state index in [9.17, 15) is 9.59 Å². The second-order valence-electron chi connectivity index (χ2n) is 8.37. The van der Waals surface area contributed by atoms with E-state index >= 15 is 0 Å². The zero-order valence-corrected chi connectivity index (χ0v) is 20.0. The highest BCUT2D eigenvalue weighted by Crippen LogP contribution is 2.43. The van der Waals surface area contributed by atoms with Crippen LogP contribution in [0.2, 0.25) is 0 Å². The van der Waals surface area contributed by atoms with Crippen molar-refractivity contribution in [1.29, 1.82) is 0 Å². The van der Waals surface area contributed by atoms with Crippen molar-refractivity contribution in [1.82, 2.24) is 5.32 Å². The fraction of sp³-hybridized carbons (Fsp3) is 0.214. The van der Waals surface area contributed by atoms with Gasteiger partial charge in [0, 0.05) is 16.5 Å². The molecule has 1 unspecified atom stereocenters. The highest BCUT2D eigenvalue weighted by Gasteiger charge is 2.30. The predicted molar refractivity (Wildman–Crippen MR) is 136 cm³/mol. The maximum absolute atomic E-state index is 13.6. The van der Waals surface area contributed by atoms with Crippen LogP contribution in [0.4, 0.5) is 5.69 Å². The van der Waals surface area contributed by atoms with E-state index < -0.39 is 0 Å². The van der Waals surface area contributed by atoms with Crippen molar-refractivity contribution in [3.63, 3.8) is 0 Å². The van der Waals surface area contributed by atoms with Gasteiger partial charge in [0.05, 0.1) is 17.1 Å². The molecule has 4 rings (SSSR count). The molecule has 0 fully saturated rings. The van der Waals surface area contributed by atoms with Crippen molar-refractivity contribution in [2.75, 3.05) is 4.90 Å². The van der Waals surface area contributed by atoms with Gasteiger partial charge in [0.25, 0.3) is 11.8 Å². The van der Waals surface area contributed by atoms with Gasteiger partial charge in [-0.25, -0.2) is 0 Å². The number of anilines is 1. The molecule has 0 aromatic heterocycles. The van der Waals surface area contributed by atoms with E-state index in [0.717, 1.165) is 33.7 Å².